The SMILES string of the molecule is O=C(c1ccc2ccccc2c1)N1CCC(c2nc(-c3ccc(Cl)cc3)no2)CC1. The normalized spacial score (nSPS) is 14.9. The standard InChI is InChI=1S/C24H20ClN3O2/c25-21-9-7-17(8-10-21)22-26-23(30-27-22)18-11-13-28(14-12-18)24(29)20-6-5-16-3-1-2-4-19(16)15-20/h1-10,15,18H,11-14H2. The van der Waals surface area contributed by atoms with Crippen LogP contribution in [0.5, 0.6) is 0 Å². The number of piperidine rings is 1. The van der Waals surface area contributed by atoms with E-state index in [4.69, 9.17) is 16.1 Å². The van der Waals surface area contributed by atoms with E-state index in [2.05, 4.69) is 16.2 Å². The number of hydrogen-bond acceptors (Lipinski definition) is 4. The molecule has 1 aromatic heterocycles. The number of hydrogen-bond donors (Lipinski definition) is 0. The minimum atomic E-state index is 0.0755. The molecule has 0 N–H and O–H groups in total. The molecular weight excluding hydrogens is 398 g/mol. The van der Waals surface area contributed by atoms with Gasteiger partial charge < -0.3 is 9.42 Å². The second kappa shape index (κ2) is 7.92. The maximum atomic E-state index is 13.0. The highest BCUT2D eigenvalue weighted by atomic mass is 35.5. The van der Waals surface area contributed by atoms with Crippen LogP contribution in [0.4, 0.5) is 0 Å². The zero-order chi connectivity index (χ0) is 20.5. The van der Waals surface area contributed by atoms with Gasteiger partial charge in [-0.3, -0.25) is 4.79 Å². The summed E-state index contributed by atoms with van der Waals surface area (Å²) in [6.45, 7) is 1.35. The highest BCUT2D eigenvalue weighted by molar-refractivity contribution is 6.30. The Hall–Kier alpha value is -3.18. The molecule has 1 aliphatic heterocycles. The molecule has 0 radical (unpaired) electrons. The predicted molar refractivity (Wildman–Crippen MR) is 117 cm³/mol. The summed E-state index contributed by atoms with van der Waals surface area (Å²) < 4.78 is 5.52. The van der Waals surface area contributed by atoms with Gasteiger partial charge in [0.15, 0.2) is 0 Å². The van der Waals surface area contributed by atoms with Crippen LogP contribution in [0.2, 0.25) is 5.02 Å². The number of amides is 1. The minimum absolute atomic E-state index is 0.0755. The predicted octanol–water partition coefficient (Wildman–Crippen LogP) is 5.56. The number of likely N-dealkylation sites (tertiary alicyclic amines) is 1. The van der Waals surface area contributed by atoms with E-state index in [0.717, 1.165) is 34.7 Å². The number of nitrogens with zero attached hydrogens (tertiary/aromatic N) is 3. The van der Waals surface area contributed by atoms with Gasteiger partial charge in [-0.2, -0.15) is 4.98 Å². The molecule has 1 aliphatic rings. The van der Waals surface area contributed by atoms with Gasteiger partial charge in [0, 0.05) is 35.2 Å². The second-order valence-corrected chi connectivity index (χ2v) is 8.03. The largest absolute Gasteiger partial charge is 0.339 e. The smallest absolute Gasteiger partial charge is 0.253 e. The molecule has 0 atom stereocenters. The van der Waals surface area contributed by atoms with E-state index < -0.39 is 0 Å². The van der Waals surface area contributed by atoms with Gasteiger partial charge in [0.1, 0.15) is 0 Å². The number of halogens is 1. The van der Waals surface area contributed by atoms with Crippen molar-refractivity contribution in [3.8, 4) is 11.4 Å². The van der Waals surface area contributed by atoms with Crippen molar-refractivity contribution in [1.82, 2.24) is 15.0 Å². The number of benzene rings is 3. The minimum Gasteiger partial charge on any atom is -0.339 e. The molecule has 0 saturated carbocycles. The van der Waals surface area contributed by atoms with E-state index in [-0.39, 0.29) is 11.8 Å². The molecule has 0 unspecified atom stereocenters. The summed E-state index contributed by atoms with van der Waals surface area (Å²) in [5, 5.41) is 7.01. The first kappa shape index (κ1) is 18.8. The van der Waals surface area contributed by atoms with Crippen molar-refractivity contribution in [3.63, 3.8) is 0 Å². The Bertz CT molecular complexity index is 1190. The van der Waals surface area contributed by atoms with E-state index in [0.29, 0.717) is 29.8 Å². The Morgan fingerprint density at radius 2 is 1.70 bits per heavy atom. The Morgan fingerprint density at radius 3 is 2.47 bits per heavy atom. The molecule has 3 aromatic carbocycles. The van der Waals surface area contributed by atoms with Gasteiger partial charge in [-0.25, -0.2) is 0 Å². The van der Waals surface area contributed by atoms with Gasteiger partial charge in [-0.15, -0.1) is 0 Å². The summed E-state index contributed by atoms with van der Waals surface area (Å²) in [4.78, 5) is 19.5. The lowest BCUT2D eigenvalue weighted by molar-refractivity contribution is 0.0704. The molecule has 0 bridgehead atoms. The van der Waals surface area contributed by atoms with Crippen LogP contribution < -0.4 is 0 Å². The molecule has 4 aromatic rings. The van der Waals surface area contributed by atoms with Crippen molar-refractivity contribution >= 4 is 28.3 Å². The van der Waals surface area contributed by atoms with Crippen LogP contribution in [-0.4, -0.2) is 34.0 Å². The first-order valence-corrected chi connectivity index (χ1v) is 10.4. The Labute approximate surface area is 179 Å². The third-order valence-electron chi connectivity index (χ3n) is 5.67. The lowest BCUT2D eigenvalue weighted by Gasteiger charge is -2.30. The maximum Gasteiger partial charge on any atom is 0.253 e. The molecule has 0 aliphatic carbocycles. The molecule has 5 rings (SSSR count). The third kappa shape index (κ3) is 3.68. The van der Waals surface area contributed by atoms with Crippen molar-refractivity contribution in [2.75, 3.05) is 13.1 Å². The second-order valence-electron chi connectivity index (χ2n) is 7.59. The highest BCUT2D eigenvalue weighted by Crippen LogP contribution is 2.29. The molecule has 1 fully saturated rings. The fourth-order valence-corrected chi connectivity index (χ4v) is 4.08. The van der Waals surface area contributed by atoms with Crippen LogP contribution in [0, 0.1) is 0 Å². The molecule has 1 amide bonds. The summed E-state index contributed by atoms with van der Waals surface area (Å²) in [6.07, 6.45) is 1.61. The molecule has 5 nitrogen and oxygen atoms in total. The summed E-state index contributed by atoms with van der Waals surface area (Å²) in [5.74, 6) is 1.44. The Morgan fingerprint density at radius 1 is 0.967 bits per heavy atom. The first-order valence-electron chi connectivity index (χ1n) is 10.0. The Balaban J connectivity index is 1.26. The summed E-state index contributed by atoms with van der Waals surface area (Å²) >= 11 is 5.94. The van der Waals surface area contributed by atoms with Gasteiger partial charge >= 0.3 is 0 Å². The molecule has 0 spiro atoms. The van der Waals surface area contributed by atoms with Crippen LogP contribution in [0.3, 0.4) is 0 Å². The fourth-order valence-electron chi connectivity index (χ4n) is 3.95. The number of carbonyl (C=O) groups is 1. The van der Waals surface area contributed by atoms with Crippen molar-refractivity contribution in [1.29, 1.82) is 0 Å². The van der Waals surface area contributed by atoms with Crippen LogP contribution in [0.15, 0.2) is 71.3 Å². The van der Waals surface area contributed by atoms with Crippen molar-refractivity contribution in [3.05, 3.63) is 83.2 Å². The van der Waals surface area contributed by atoms with Crippen LogP contribution in [0.1, 0.15) is 35.0 Å². The quantitative estimate of drug-likeness (QED) is 0.437. The van der Waals surface area contributed by atoms with E-state index >= 15 is 0 Å². The van der Waals surface area contributed by atoms with E-state index in [1.54, 1.807) is 0 Å². The number of fused-ring (bicyclic) bond motifs is 1. The topological polar surface area (TPSA) is 59.2 Å². The summed E-state index contributed by atoms with van der Waals surface area (Å²) in [7, 11) is 0. The summed E-state index contributed by atoms with van der Waals surface area (Å²) in [6, 6.07) is 21.3. The van der Waals surface area contributed by atoms with E-state index in [9.17, 15) is 4.79 Å². The fraction of sp³-hybridized carbons (Fsp3) is 0.208. The van der Waals surface area contributed by atoms with Crippen molar-refractivity contribution < 1.29 is 9.32 Å². The highest BCUT2D eigenvalue weighted by Gasteiger charge is 2.28. The van der Waals surface area contributed by atoms with Gasteiger partial charge in [-0.1, -0.05) is 47.1 Å². The third-order valence-corrected chi connectivity index (χ3v) is 5.92. The van der Waals surface area contributed by atoms with Gasteiger partial charge in [-0.05, 0) is 60.0 Å². The lowest BCUT2D eigenvalue weighted by Crippen LogP contribution is -2.38. The zero-order valence-electron chi connectivity index (χ0n) is 16.3. The molecule has 2 heterocycles. The molecule has 30 heavy (non-hydrogen) atoms. The van der Waals surface area contributed by atoms with Gasteiger partial charge in [0.2, 0.25) is 11.7 Å². The van der Waals surface area contributed by atoms with Crippen molar-refractivity contribution in [2.24, 2.45) is 0 Å². The van der Waals surface area contributed by atoms with Crippen molar-refractivity contribution in [2.45, 2.75) is 18.8 Å². The van der Waals surface area contributed by atoms with Crippen LogP contribution >= 0.6 is 11.6 Å². The molecule has 6 heteroatoms. The first-order chi connectivity index (χ1) is 14.7. The maximum absolute atomic E-state index is 13.0. The molecule has 1 saturated heterocycles. The number of carbonyl (C=O) groups excluding carboxylic acids is 1. The average Bonchev–Trinajstić information content (AvgIpc) is 3.29. The monoisotopic (exact) mass is 417 g/mol. The summed E-state index contributed by atoms with van der Waals surface area (Å²) in [5.41, 5.74) is 1.60. The van der Waals surface area contributed by atoms with Gasteiger partial charge in [0.05, 0.1) is 0 Å². The zero-order valence-corrected chi connectivity index (χ0v) is 17.0. The average molecular weight is 418 g/mol. The van der Waals surface area contributed by atoms with Crippen LogP contribution in [0.25, 0.3) is 22.2 Å². The molecule has 150 valence electrons. The van der Waals surface area contributed by atoms with Crippen LogP contribution in [-0.2, 0) is 0 Å². The Kier molecular flexibility index (Phi) is 4.97. The number of aromatic nitrogens is 2. The lowest BCUT2D eigenvalue weighted by atomic mass is 9.96. The van der Waals surface area contributed by atoms with Gasteiger partial charge in [0.25, 0.3) is 5.91 Å². The van der Waals surface area contributed by atoms with E-state index in [1.807, 2.05) is 65.6 Å². The molecular formula is C24H20ClN3O2. The number of rotatable bonds is 3. The van der Waals surface area contributed by atoms with E-state index in [1.165, 1.54) is 0 Å².